The van der Waals surface area contributed by atoms with Crippen LogP contribution in [0.15, 0.2) is 18.2 Å². The molecule has 1 unspecified atom stereocenters. The van der Waals surface area contributed by atoms with E-state index in [1.807, 2.05) is 0 Å². The summed E-state index contributed by atoms with van der Waals surface area (Å²) in [5.74, 6) is -0.446. The molecule has 0 saturated carbocycles. The molecule has 1 saturated heterocycles. The largest absolute Gasteiger partial charge is 0.337 e. The van der Waals surface area contributed by atoms with Gasteiger partial charge < -0.3 is 4.90 Å². The average Bonchev–Trinajstić information content (AvgIpc) is 2.40. The third-order valence-corrected chi connectivity index (χ3v) is 3.62. The van der Waals surface area contributed by atoms with Gasteiger partial charge in [0, 0.05) is 31.5 Å². The minimum Gasteiger partial charge on any atom is -0.337 e. The number of hydrogen-bond acceptors (Lipinski definition) is 4. The number of carbonyl (C=O) groups is 2. The molecule has 0 radical (unpaired) electrons. The maximum absolute atomic E-state index is 12.5. The summed E-state index contributed by atoms with van der Waals surface area (Å²) in [6.07, 6.45) is 0.312. The second kappa shape index (κ2) is 5.40. The summed E-state index contributed by atoms with van der Waals surface area (Å²) in [5, 5.41) is 11.1. The standard InChI is InChI=1S/C14H16N2O4/c1-9-4-3-5-11(16(19)20)13(9)14(18)15-7-6-12(17)10(2)8-15/h3-5,10H,6-8H2,1-2H3. The molecule has 0 aliphatic carbocycles. The Kier molecular flexibility index (Phi) is 3.83. The highest BCUT2D eigenvalue weighted by atomic mass is 16.6. The molecule has 1 fully saturated rings. The lowest BCUT2D eigenvalue weighted by atomic mass is 9.97. The van der Waals surface area contributed by atoms with Crippen LogP contribution in [0.3, 0.4) is 0 Å². The number of hydrogen-bond donors (Lipinski definition) is 0. The van der Waals surface area contributed by atoms with Gasteiger partial charge in [-0.25, -0.2) is 0 Å². The van der Waals surface area contributed by atoms with Crippen LogP contribution in [-0.2, 0) is 4.79 Å². The zero-order valence-corrected chi connectivity index (χ0v) is 11.5. The third-order valence-electron chi connectivity index (χ3n) is 3.62. The number of nitro groups is 1. The first-order chi connectivity index (χ1) is 9.41. The van der Waals surface area contributed by atoms with E-state index in [1.165, 1.54) is 11.0 Å². The first kappa shape index (κ1) is 14.2. The van der Waals surface area contributed by atoms with Crippen LogP contribution in [0.25, 0.3) is 0 Å². The van der Waals surface area contributed by atoms with Gasteiger partial charge in [0.05, 0.1) is 4.92 Å². The molecular formula is C14H16N2O4. The molecule has 106 valence electrons. The van der Waals surface area contributed by atoms with E-state index in [2.05, 4.69) is 0 Å². The van der Waals surface area contributed by atoms with E-state index in [0.717, 1.165) is 0 Å². The molecular weight excluding hydrogens is 260 g/mol. The minimum atomic E-state index is -0.543. The first-order valence-electron chi connectivity index (χ1n) is 6.47. The van der Waals surface area contributed by atoms with Crippen LogP contribution >= 0.6 is 0 Å². The van der Waals surface area contributed by atoms with E-state index < -0.39 is 4.92 Å². The summed E-state index contributed by atoms with van der Waals surface area (Å²) in [7, 11) is 0. The van der Waals surface area contributed by atoms with Gasteiger partial charge in [0.1, 0.15) is 11.3 Å². The lowest BCUT2D eigenvalue weighted by molar-refractivity contribution is -0.385. The number of nitro benzene ring substituents is 1. The van der Waals surface area contributed by atoms with Gasteiger partial charge in [-0.05, 0) is 12.5 Å². The molecule has 1 aliphatic heterocycles. The summed E-state index contributed by atoms with van der Waals surface area (Å²) in [4.78, 5) is 36.0. The molecule has 1 heterocycles. The maximum atomic E-state index is 12.5. The quantitative estimate of drug-likeness (QED) is 0.610. The summed E-state index contributed by atoms with van der Waals surface area (Å²) in [6, 6.07) is 4.57. The van der Waals surface area contributed by atoms with Gasteiger partial charge in [-0.15, -0.1) is 0 Å². The number of Topliss-reactive ketones (excluding diaryl/α,β-unsaturated/α-hetero) is 1. The van der Waals surface area contributed by atoms with Crippen LogP contribution in [0.5, 0.6) is 0 Å². The average molecular weight is 276 g/mol. The Morgan fingerprint density at radius 2 is 2.15 bits per heavy atom. The second-order valence-corrected chi connectivity index (χ2v) is 5.09. The maximum Gasteiger partial charge on any atom is 0.282 e. The van der Waals surface area contributed by atoms with Crippen molar-refractivity contribution in [3.05, 3.63) is 39.4 Å². The molecule has 1 aliphatic rings. The van der Waals surface area contributed by atoms with Crippen LogP contribution in [0.2, 0.25) is 0 Å². The summed E-state index contributed by atoms with van der Waals surface area (Å²) >= 11 is 0. The normalized spacial score (nSPS) is 19.0. The molecule has 6 heteroatoms. The second-order valence-electron chi connectivity index (χ2n) is 5.09. The van der Waals surface area contributed by atoms with E-state index in [9.17, 15) is 19.7 Å². The molecule has 1 aromatic rings. The number of aryl methyl sites for hydroxylation is 1. The lowest BCUT2D eigenvalue weighted by Gasteiger charge is -2.30. The lowest BCUT2D eigenvalue weighted by Crippen LogP contribution is -2.43. The Balaban J connectivity index is 2.34. The van der Waals surface area contributed by atoms with Crippen molar-refractivity contribution in [3.8, 4) is 0 Å². The van der Waals surface area contributed by atoms with Gasteiger partial charge in [-0.2, -0.15) is 0 Å². The topological polar surface area (TPSA) is 80.5 Å². The van der Waals surface area contributed by atoms with Crippen molar-refractivity contribution in [2.24, 2.45) is 5.92 Å². The summed E-state index contributed by atoms with van der Waals surface area (Å²) < 4.78 is 0. The SMILES string of the molecule is Cc1cccc([N+](=O)[O-])c1C(=O)N1CCC(=O)C(C)C1. The van der Waals surface area contributed by atoms with E-state index in [4.69, 9.17) is 0 Å². The molecule has 0 bridgehead atoms. The zero-order chi connectivity index (χ0) is 14.9. The van der Waals surface area contributed by atoms with Gasteiger partial charge in [0.15, 0.2) is 0 Å². The van der Waals surface area contributed by atoms with E-state index >= 15 is 0 Å². The van der Waals surface area contributed by atoms with Crippen LogP contribution in [0, 0.1) is 23.0 Å². The van der Waals surface area contributed by atoms with Crippen molar-refractivity contribution in [2.75, 3.05) is 13.1 Å². The fraction of sp³-hybridized carbons (Fsp3) is 0.429. The van der Waals surface area contributed by atoms with Gasteiger partial charge >= 0.3 is 0 Å². The van der Waals surface area contributed by atoms with Gasteiger partial charge in [0.2, 0.25) is 0 Å². The van der Waals surface area contributed by atoms with Crippen molar-refractivity contribution < 1.29 is 14.5 Å². The number of piperidine rings is 1. The van der Waals surface area contributed by atoms with E-state index in [0.29, 0.717) is 25.1 Å². The number of carbonyl (C=O) groups excluding carboxylic acids is 2. The molecule has 0 spiro atoms. The Bertz CT molecular complexity index is 583. The van der Waals surface area contributed by atoms with Crippen molar-refractivity contribution in [1.29, 1.82) is 0 Å². The summed E-state index contributed by atoms with van der Waals surface area (Å²) in [6.45, 7) is 4.10. The van der Waals surface area contributed by atoms with E-state index in [1.54, 1.807) is 26.0 Å². The number of nitrogens with zero attached hydrogens (tertiary/aromatic N) is 2. The predicted molar refractivity (Wildman–Crippen MR) is 72.5 cm³/mol. The fourth-order valence-corrected chi connectivity index (χ4v) is 2.44. The minimum absolute atomic E-state index is 0.124. The Hall–Kier alpha value is -2.24. The Labute approximate surface area is 116 Å². The van der Waals surface area contributed by atoms with Gasteiger partial charge in [-0.3, -0.25) is 19.7 Å². The highest BCUT2D eigenvalue weighted by Gasteiger charge is 2.31. The predicted octanol–water partition coefficient (Wildman–Crippen LogP) is 1.95. The first-order valence-corrected chi connectivity index (χ1v) is 6.47. The molecule has 6 nitrogen and oxygen atoms in total. The monoisotopic (exact) mass is 276 g/mol. The Morgan fingerprint density at radius 1 is 1.45 bits per heavy atom. The zero-order valence-electron chi connectivity index (χ0n) is 11.5. The van der Waals surface area contributed by atoms with Crippen LogP contribution in [-0.4, -0.2) is 34.6 Å². The molecule has 1 amide bonds. The number of likely N-dealkylation sites (tertiary alicyclic amines) is 1. The number of ketones is 1. The number of rotatable bonds is 2. The third kappa shape index (κ3) is 2.54. The molecule has 1 aromatic carbocycles. The van der Waals surface area contributed by atoms with Crippen molar-refractivity contribution in [1.82, 2.24) is 4.90 Å². The molecule has 1 atom stereocenters. The van der Waals surface area contributed by atoms with Gasteiger partial charge in [-0.1, -0.05) is 19.1 Å². The van der Waals surface area contributed by atoms with E-state index in [-0.39, 0.29) is 28.9 Å². The van der Waals surface area contributed by atoms with Crippen LogP contribution in [0.4, 0.5) is 5.69 Å². The highest BCUT2D eigenvalue weighted by molar-refractivity contribution is 6.00. The molecule has 2 rings (SSSR count). The number of amides is 1. The molecule has 20 heavy (non-hydrogen) atoms. The number of benzene rings is 1. The van der Waals surface area contributed by atoms with Gasteiger partial charge in [0.25, 0.3) is 11.6 Å². The van der Waals surface area contributed by atoms with Crippen molar-refractivity contribution in [2.45, 2.75) is 20.3 Å². The molecule has 0 aromatic heterocycles. The Morgan fingerprint density at radius 3 is 2.75 bits per heavy atom. The van der Waals surface area contributed by atoms with Crippen LogP contribution < -0.4 is 0 Å². The summed E-state index contributed by atoms with van der Waals surface area (Å²) in [5.41, 5.74) is 0.521. The van der Waals surface area contributed by atoms with Crippen molar-refractivity contribution in [3.63, 3.8) is 0 Å². The van der Waals surface area contributed by atoms with Crippen LogP contribution in [0.1, 0.15) is 29.3 Å². The molecule has 0 N–H and O–H groups in total. The van der Waals surface area contributed by atoms with Crippen molar-refractivity contribution >= 4 is 17.4 Å². The smallest absolute Gasteiger partial charge is 0.282 e. The highest BCUT2D eigenvalue weighted by Crippen LogP contribution is 2.25. The fourth-order valence-electron chi connectivity index (χ4n) is 2.44.